The molecule has 5 nitrogen and oxygen atoms in total. The van der Waals surface area contributed by atoms with Crippen LogP contribution in [0.15, 0.2) is 53.5 Å². The molecule has 178 valence electrons. The third-order valence-electron chi connectivity index (χ3n) is 6.32. The Morgan fingerprint density at radius 2 is 2.03 bits per heavy atom. The Balaban J connectivity index is 1.47. The highest BCUT2D eigenvalue weighted by atomic mass is 19.4. The SMILES string of the molecule is Cc1cc([C@@H](C)OCC2(c3ccccc3)CC[C@H](NC3=NCCO3)CN2)cc(C(F)(F)F)c1. The summed E-state index contributed by atoms with van der Waals surface area (Å²) in [5.74, 6) is 0. The normalized spacial score (nSPS) is 24.2. The Bertz CT molecular complexity index is 971. The minimum atomic E-state index is -4.38. The number of piperidine rings is 1. The second-order valence-electron chi connectivity index (χ2n) is 8.83. The topological polar surface area (TPSA) is 54.9 Å². The second-order valence-corrected chi connectivity index (χ2v) is 8.83. The number of hydrogen-bond donors (Lipinski definition) is 2. The highest BCUT2D eigenvalue weighted by Gasteiger charge is 2.38. The lowest BCUT2D eigenvalue weighted by Gasteiger charge is -2.42. The molecule has 8 heteroatoms. The predicted molar refractivity (Wildman–Crippen MR) is 121 cm³/mol. The average molecular weight is 462 g/mol. The van der Waals surface area contributed by atoms with E-state index in [4.69, 9.17) is 9.47 Å². The van der Waals surface area contributed by atoms with Gasteiger partial charge < -0.3 is 20.1 Å². The van der Waals surface area contributed by atoms with E-state index in [1.807, 2.05) is 18.2 Å². The van der Waals surface area contributed by atoms with Crippen LogP contribution < -0.4 is 10.6 Å². The molecule has 2 aliphatic rings. The summed E-state index contributed by atoms with van der Waals surface area (Å²) < 4.78 is 51.5. The number of aliphatic imine (C=N–C) groups is 1. The lowest BCUT2D eigenvalue weighted by molar-refractivity contribution is -0.137. The van der Waals surface area contributed by atoms with Crippen molar-refractivity contribution in [2.75, 3.05) is 26.3 Å². The Morgan fingerprint density at radius 1 is 1.24 bits per heavy atom. The van der Waals surface area contributed by atoms with E-state index in [1.165, 1.54) is 6.07 Å². The molecule has 3 atom stereocenters. The summed E-state index contributed by atoms with van der Waals surface area (Å²) in [7, 11) is 0. The lowest BCUT2D eigenvalue weighted by atomic mass is 9.81. The molecule has 2 N–H and O–H groups in total. The first-order valence-corrected chi connectivity index (χ1v) is 11.3. The van der Waals surface area contributed by atoms with Crippen molar-refractivity contribution in [2.24, 2.45) is 4.99 Å². The fraction of sp³-hybridized carbons (Fsp3) is 0.480. The van der Waals surface area contributed by atoms with Gasteiger partial charge in [-0.25, -0.2) is 4.99 Å². The summed E-state index contributed by atoms with van der Waals surface area (Å²) >= 11 is 0. The van der Waals surface area contributed by atoms with Crippen LogP contribution in [0.3, 0.4) is 0 Å². The number of nitrogens with zero attached hydrogens (tertiary/aromatic N) is 1. The molecule has 0 amide bonds. The fourth-order valence-electron chi connectivity index (χ4n) is 4.43. The molecule has 0 aliphatic carbocycles. The zero-order valence-electron chi connectivity index (χ0n) is 18.9. The highest BCUT2D eigenvalue weighted by Crippen LogP contribution is 2.35. The number of benzene rings is 2. The molecule has 0 saturated carbocycles. The summed E-state index contributed by atoms with van der Waals surface area (Å²) in [4.78, 5) is 4.30. The van der Waals surface area contributed by atoms with Crippen LogP contribution in [0.4, 0.5) is 13.2 Å². The van der Waals surface area contributed by atoms with Crippen molar-refractivity contribution < 1.29 is 22.6 Å². The molecule has 1 saturated heterocycles. The second kappa shape index (κ2) is 9.73. The standard InChI is InChI=1S/C25H30F3N3O2/c1-17-12-19(14-21(13-17)25(26,27)28)18(2)33-16-24(20-6-4-3-5-7-20)9-8-22(15-30-24)31-23-29-10-11-32-23/h3-7,12-14,18,22,30H,8-11,15-16H2,1-2H3,(H,29,31)/t18-,22+,24?/m1/s1. The van der Waals surface area contributed by atoms with Gasteiger partial charge in [0, 0.05) is 12.6 Å². The van der Waals surface area contributed by atoms with Crippen LogP contribution >= 0.6 is 0 Å². The van der Waals surface area contributed by atoms with Gasteiger partial charge in [0.2, 0.25) is 0 Å². The van der Waals surface area contributed by atoms with Crippen LogP contribution in [0.25, 0.3) is 0 Å². The van der Waals surface area contributed by atoms with Gasteiger partial charge in [-0.2, -0.15) is 13.2 Å². The molecule has 2 heterocycles. The number of amidine groups is 1. The molecule has 0 spiro atoms. The van der Waals surface area contributed by atoms with Crippen LogP contribution in [-0.4, -0.2) is 38.4 Å². The first kappa shape index (κ1) is 23.6. The first-order chi connectivity index (χ1) is 15.7. The summed E-state index contributed by atoms with van der Waals surface area (Å²) in [5.41, 5.74) is 1.12. The molecule has 1 fully saturated rings. The van der Waals surface area contributed by atoms with Gasteiger partial charge in [-0.05, 0) is 49.9 Å². The maximum absolute atomic E-state index is 13.3. The Hall–Kier alpha value is -2.58. The zero-order chi connectivity index (χ0) is 23.5. The maximum atomic E-state index is 13.3. The molecule has 4 rings (SSSR count). The lowest BCUT2D eigenvalue weighted by Crippen LogP contribution is -2.57. The third-order valence-corrected chi connectivity index (χ3v) is 6.32. The van der Waals surface area contributed by atoms with E-state index in [0.717, 1.165) is 24.5 Å². The van der Waals surface area contributed by atoms with Crippen LogP contribution in [0.1, 0.15) is 48.1 Å². The molecule has 1 unspecified atom stereocenters. The van der Waals surface area contributed by atoms with E-state index in [2.05, 4.69) is 27.8 Å². The van der Waals surface area contributed by atoms with Gasteiger partial charge in [0.1, 0.15) is 6.61 Å². The number of rotatable bonds is 6. The fourth-order valence-corrected chi connectivity index (χ4v) is 4.43. The number of halogens is 3. The Labute approximate surface area is 192 Å². The Morgan fingerprint density at radius 3 is 2.67 bits per heavy atom. The molecule has 2 aromatic rings. The van der Waals surface area contributed by atoms with Gasteiger partial charge in [0.25, 0.3) is 6.02 Å². The predicted octanol–water partition coefficient (Wildman–Crippen LogP) is 4.71. The molecule has 0 bridgehead atoms. The number of hydrogen-bond acceptors (Lipinski definition) is 5. The number of nitrogens with one attached hydrogen (secondary N) is 2. The largest absolute Gasteiger partial charge is 0.463 e. The van der Waals surface area contributed by atoms with Crippen LogP contribution in [0.5, 0.6) is 0 Å². The summed E-state index contributed by atoms with van der Waals surface area (Å²) in [5, 5.41) is 6.99. The van der Waals surface area contributed by atoms with E-state index in [1.54, 1.807) is 19.9 Å². The molecular formula is C25H30F3N3O2. The van der Waals surface area contributed by atoms with Gasteiger partial charge in [0.05, 0.1) is 30.4 Å². The molecule has 2 aliphatic heterocycles. The van der Waals surface area contributed by atoms with Gasteiger partial charge in [-0.1, -0.05) is 42.0 Å². The van der Waals surface area contributed by atoms with Crippen molar-refractivity contribution in [1.82, 2.24) is 10.6 Å². The number of alkyl halides is 3. The van der Waals surface area contributed by atoms with Crippen molar-refractivity contribution in [3.63, 3.8) is 0 Å². The minimum absolute atomic E-state index is 0.183. The monoisotopic (exact) mass is 461 g/mol. The maximum Gasteiger partial charge on any atom is 0.416 e. The molecule has 2 aromatic carbocycles. The van der Waals surface area contributed by atoms with Crippen molar-refractivity contribution in [3.8, 4) is 0 Å². The van der Waals surface area contributed by atoms with E-state index in [-0.39, 0.29) is 6.04 Å². The molecule has 33 heavy (non-hydrogen) atoms. The van der Waals surface area contributed by atoms with Crippen LogP contribution in [0, 0.1) is 6.92 Å². The molecule has 0 aromatic heterocycles. The van der Waals surface area contributed by atoms with Gasteiger partial charge >= 0.3 is 6.18 Å². The van der Waals surface area contributed by atoms with Crippen LogP contribution in [0.2, 0.25) is 0 Å². The van der Waals surface area contributed by atoms with E-state index >= 15 is 0 Å². The van der Waals surface area contributed by atoms with Gasteiger partial charge in [-0.15, -0.1) is 0 Å². The zero-order valence-corrected chi connectivity index (χ0v) is 18.9. The Kier molecular flexibility index (Phi) is 6.95. The number of aryl methyl sites for hydroxylation is 1. The van der Waals surface area contributed by atoms with E-state index in [0.29, 0.717) is 43.5 Å². The van der Waals surface area contributed by atoms with Crippen molar-refractivity contribution in [2.45, 2.75) is 50.6 Å². The molecule has 0 radical (unpaired) electrons. The quantitative estimate of drug-likeness (QED) is 0.654. The summed E-state index contributed by atoms with van der Waals surface area (Å²) in [6.45, 7) is 5.80. The summed E-state index contributed by atoms with van der Waals surface area (Å²) in [6.07, 6.45) is -3.18. The van der Waals surface area contributed by atoms with E-state index < -0.39 is 23.4 Å². The van der Waals surface area contributed by atoms with Crippen molar-refractivity contribution in [1.29, 1.82) is 0 Å². The van der Waals surface area contributed by atoms with E-state index in [9.17, 15) is 13.2 Å². The van der Waals surface area contributed by atoms with Gasteiger partial charge in [0.15, 0.2) is 0 Å². The van der Waals surface area contributed by atoms with Gasteiger partial charge in [-0.3, -0.25) is 0 Å². The smallest absolute Gasteiger partial charge is 0.416 e. The van der Waals surface area contributed by atoms with Crippen molar-refractivity contribution in [3.05, 3.63) is 70.8 Å². The minimum Gasteiger partial charge on any atom is -0.463 e. The van der Waals surface area contributed by atoms with Crippen molar-refractivity contribution >= 4 is 6.02 Å². The highest BCUT2D eigenvalue weighted by molar-refractivity contribution is 5.75. The number of ether oxygens (including phenoxy) is 2. The first-order valence-electron chi connectivity index (χ1n) is 11.3. The summed E-state index contributed by atoms with van der Waals surface area (Å²) in [6, 6.07) is 15.0. The third kappa shape index (κ3) is 5.68. The molecular weight excluding hydrogens is 431 g/mol. The average Bonchev–Trinajstić information content (AvgIpc) is 3.31. The van der Waals surface area contributed by atoms with Crippen LogP contribution in [-0.2, 0) is 21.2 Å².